The number of allylic oxidation sites excluding steroid dienone is 8. The van der Waals surface area contributed by atoms with E-state index in [1.165, 1.54) is 276 Å². The standard InChI is InChI=1S/C76H140O6/c1-4-7-10-13-16-19-22-25-28-31-32-33-34-35-36-37-38-39-40-41-42-43-44-46-48-51-54-57-60-63-66-69-75(78)81-72-73(71-80-74(77)68-65-62-59-56-53-50-47-30-27-24-21-18-15-12-9-6-3)82-76(79)70-67-64-61-58-55-52-49-45-29-26-23-20-17-14-11-8-5-2/h7,10,16,19,25,28,32-33,73H,4-6,8-9,11-15,17-18,20-24,26-27,29-31,34-72H2,1-3H3/b10-7-,19-16-,28-25-,33-32-. The molecule has 0 rings (SSSR count). The Bertz CT molecular complexity index is 1410. The predicted octanol–water partition coefficient (Wildman–Crippen LogP) is 25.3. The number of hydrogen-bond donors (Lipinski definition) is 0. The Morgan fingerprint density at radius 1 is 0.256 bits per heavy atom. The van der Waals surface area contributed by atoms with Gasteiger partial charge >= 0.3 is 17.9 Å². The Labute approximate surface area is 511 Å². The van der Waals surface area contributed by atoms with Gasteiger partial charge in [0.05, 0.1) is 0 Å². The van der Waals surface area contributed by atoms with E-state index in [2.05, 4.69) is 69.4 Å². The van der Waals surface area contributed by atoms with Gasteiger partial charge in [0.25, 0.3) is 0 Å². The fraction of sp³-hybridized carbons (Fsp3) is 0.855. The fourth-order valence-electron chi connectivity index (χ4n) is 11.1. The molecule has 0 aromatic heterocycles. The Hall–Kier alpha value is -2.63. The Kier molecular flexibility index (Phi) is 68.6. The normalized spacial score (nSPS) is 12.3. The largest absolute Gasteiger partial charge is 0.462 e. The number of ether oxygens (including phenoxy) is 3. The fourth-order valence-corrected chi connectivity index (χ4v) is 11.1. The van der Waals surface area contributed by atoms with Gasteiger partial charge in [-0.2, -0.15) is 0 Å². The van der Waals surface area contributed by atoms with Crippen molar-refractivity contribution in [3.8, 4) is 0 Å². The molecule has 6 heteroatoms. The van der Waals surface area contributed by atoms with Gasteiger partial charge in [-0.1, -0.05) is 371 Å². The summed E-state index contributed by atoms with van der Waals surface area (Å²) in [5.41, 5.74) is 0. The van der Waals surface area contributed by atoms with Crippen molar-refractivity contribution in [3.05, 3.63) is 48.6 Å². The first-order valence-electron chi connectivity index (χ1n) is 36.6. The average Bonchev–Trinajstić information content (AvgIpc) is 3.48. The third kappa shape index (κ3) is 68.2. The molecular weight excluding hydrogens is 1010 g/mol. The van der Waals surface area contributed by atoms with E-state index >= 15 is 0 Å². The first kappa shape index (κ1) is 79.4. The maximum absolute atomic E-state index is 13.0. The Morgan fingerprint density at radius 3 is 0.744 bits per heavy atom. The first-order chi connectivity index (χ1) is 40.5. The van der Waals surface area contributed by atoms with Crippen LogP contribution in [0, 0.1) is 0 Å². The molecule has 0 N–H and O–H groups in total. The van der Waals surface area contributed by atoms with Crippen LogP contribution in [0.5, 0.6) is 0 Å². The Balaban J connectivity index is 4.18. The smallest absolute Gasteiger partial charge is 0.306 e. The number of carbonyl (C=O) groups is 3. The number of unbranched alkanes of at least 4 members (excludes halogenated alkanes) is 49. The van der Waals surface area contributed by atoms with E-state index in [1.807, 2.05) is 0 Å². The van der Waals surface area contributed by atoms with Crippen LogP contribution in [0.15, 0.2) is 48.6 Å². The van der Waals surface area contributed by atoms with Crippen molar-refractivity contribution in [2.24, 2.45) is 0 Å². The van der Waals surface area contributed by atoms with Crippen LogP contribution in [0.25, 0.3) is 0 Å². The van der Waals surface area contributed by atoms with Gasteiger partial charge < -0.3 is 14.2 Å². The highest BCUT2D eigenvalue weighted by Crippen LogP contribution is 2.19. The molecule has 82 heavy (non-hydrogen) atoms. The van der Waals surface area contributed by atoms with E-state index in [1.54, 1.807) is 0 Å². The van der Waals surface area contributed by atoms with Crippen LogP contribution in [0.1, 0.15) is 400 Å². The number of hydrogen-bond acceptors (Lipinski definition) is 6. The third-order valence-corrected chi connectivity index (χ3v) is 16.6. The lowest BCUT2D eigenvalue weighted by Gasteiger charge is -2.18. The first-order valence-corrected chi connectivity index (χ1v) is 36.6. The maximum atomic E-state index is 13.0. The van der Waals surface area contributed by atoms with Crippen molar-refractivity contribution in [2.45, 2.75) is 406 Å². The van der Waals surface area contributed by atoms with E-state index in [-0.39, 0.29) is 31.1 Å². The molecule has 480 valence electrons. The van der Waals surface area contributed by atoms with Crippen LogP contribution in [0.3, 0.4) is 0 Å². The molecule has 6 nitrogen and oxygen atoms in total. The topological polar surface area (TPSA) is 78.9 Å². The second-order valence-corrected chi connectivity index (χ2v) is 24.8. The quantitative estimate of drug-likeness (QED) is 0.0261. The molecule has 0 saturated carbocycles. The van der Waals surface area contributed by atoms with Crippen molar-refractivity contribution in [1.82, 2.24) is 0 Å². The molecule has 1 unspecified atom stereocenters. The maximum Gasteiger partial charge on any atom is 0.306 e. The zero-order chi connectivity index (χ0) is 59.2. The van der Waals surface area contributed by atoms with Crippen LogP contribution in [0.4, 0.5) is 0 Å². The summed E-state index contributed by atoms with van der Waals surface area (Å²) < 4.78 is 17.0. The van der Waals surface area contributed by atoms with Crippen LogP contribution in [0.2, 0.25) is 0 Å². The molecule has 0 saturated heterocycles. The summed E-state index contributed by atoms with van der Waals surface area (Å²) in [6, 6.07) is 0. The molecule has 0 bridgehead atoms. The lowest BCUT2D eigenvalue weighted by atomic mass is 10.0. The van der Waals surface area contributed by atoms with E-state index in [0.717, 1.165) is 83.5 Å². The minimum Gasteiger partial charge on any atom is -0.462 e. The van der Waals surface area contributed by atoms with E-state index in [9.17, 15) is 14.4 Å². The van der Waals surface area contributed by atoms with Crippen LogP contribution in [-0.2, 0) is 28.6 Å². The molecular formula is C76H140O6. The molecule has 0 aliphatic carbocycles. The van der Waals surface area contributed by atoms with Gasteiger partial charge in [0.1, 0.15) is 13.2 Å². The lowest BCUT2D eigenvalue weighted by molar-refractivity contribution is -0.167. The van der Waals surface area contributed by atoms with Crippen molar-refractivity contribution < 1.29 is 28.6 Å². The van der Waals surface area contributed by atoms with Crippen LogP contribution >= 0.6 is 0 Å². The number of rotatable bonds is 68. The van der Waals surface area contributed by atoms with Gasteiger partial charge in [-0.3, -0.25) is 14.4 Å². The summed E-state index contributed by atoms with van der Waals surface area (Å²) in [5.74, 6) is -0.830. The van der Waals surface area contributed by atoms with Gasteiger partial charge in [0, 0.05) is 19.3 Å². The van der Waals surface area contributed by atoms with E-state index in [4.69, 9.17) is 14.2 Å². The van der Waals surface area contributed by atoms with Crippen molar-refractivity contribution in [3.63, 3.8) is 0 Å². The highest BCUT2D eigenvalue weighted by molar-refractivity contribution is 5.71. The molecule has 0 amide bonds. The van der Waals surface area contributed by atoms with E-state index < -0.39 is 6.10 Å². The summed E-state index contributed by atoms with van der Waals surface area (Å²) in [6.45, 7) is 6.61. The van der Waals surface area contributed by atoms with Crippen molar-refractivity contribution in [2.75, 3.05) is 13.2 Å². The van der Waals surface area contributed by atoms with Gasteiger partial charge in [0.15, 0.2) is 6.10 Å². The highest BCUT2D eigenvalue weighted by Gasteiger charge is 2.19. The number of carbonyl (C=O) groups excluding carboxylic acids is 3. The summed E-state index contributed by atoms with van der Waals surface area (Å²) >= 11 is 0. The summed E-state index contributed by atoms with van der Waals surface area (Å²) in [5, 5.41) is 0. The minimum atomic E-state index is -0.768. The summed E-state index contributed by atoms with van der Waals surface area (Å²) in [4.78, 5) is 38.5. The summed E-state index contributed by atoms with van der Waals surface area (Å²) in [7, 11) is 0. The second-order valence-electron chi connectivity index (χ2n) is 24.8. The molecule has 0 aliphatic heterocycles. The molecule has 0 heterocycles. The van der Waals surface area contributed by atoms with Crippen molar-refractivity contribution >= 4 is 17.9 Å². The summed E-state index contributed by atoms with van der Waals surface area (Å²) in [6.07, 6.45) is 90.1. The number of esters is 3. The average molecular weight is 1150 g/mol. The third-order valence-electron chi connectivity index (χ3n) is 16.6. The second kappa shape index (κ2) is 70.9. The van der Waals surface area contributed by atoms with Gasteiger partial charge in [0.2, 0.25) is 0 Å². The lowest BCUT2D eigenvalue weighted by Crippen LogP contribution is -2.30. The molecule has 0 aliphatic rings. The van der Waals surface area contributed by atoms with Crippen LogP contribution < -0.4 is 0 Å². The van der Waals surface area contributed by atoms with Gasteiger partial charge in [-0.25, -0.2) is 0 Å². The van der Waals surface area contributed by atoms with Gasteiger partial charge in [-0.05, 0) is 57.8 Å². The van der Waals surface area contributed by atoms with Crippen molar-refractivity contribution in [1.29, 1.82) is 0 Å². The zero-order valence-electron chi connectivity index (χ0n) is 55.3. The molecule has 1 atom stereocenters. The molecule has 0 aromatic carbocycles. The SMILES string of the molecule is CC/C=C\C/C=C\C/C=C\C/C=C\CCCCCCCCCCCCCCCCCCCCC(=O)OCC(COC(=O)CCCCCCCCCCCCCCCCCC)OC(=O)CCCCCCCCCCCCCCCCCCC. The molecule has 0 radical (unpaired) electrons. The predicted molar refractivity (Wildman–Crippen MR) is 358 cm³/mol. The van der Waals surface area contributed by atoms with Crippen LogP contribution in [-0.4, -0.2) is 37.2 Å². The molecule has 0 spiro atoms. The molecule has 0 aromatic rings. The minimum absolute atomic E-state index is 0.0644. The molecule has 0 fully saturated rings. The van der Waals surface area contributed by atoms with Gasteiger partial charge in [-0.15, -0.1) is 0 Å². The zero-order valence-corrected chi connectivity index (χ0v) is 55.3. The van der Waals surface area contributed by atoms with E-state index in [0.29, 0.717) is 19.3 Å². The highest BCUT2D eigenvalue weighted by atomic mass is 16.6. The monoisotopic (exact) mass is 1150 g/mol. The Morgan fingerprint density at radius 2 is 0.476 bits per heavy atom.